The largest absolute Gasteiger partial charge is 0.493 e. The molecule has 0 saturated carbocycles. The van der Waals surface area contributed by atoms with Gasteiger partial charge in [0.25, 0.3) is 0 Å². The number of aliphatic imine (C=N–C) groups is 1. The molecule has 1 heterocycles. The summed E-state index contributed by atoms with van der Waals surface area (Å²) in [4.78, 5) is 7.70. The maximum Gasteiger partial charge on any atom is 0.195 e. The van der Waals surface area contributed by atoms with E-state index in [4.69, 9.17) is 9.47 Å². The number of hydrogen-bond acceptors (Lipinski definition) is 3. The molecule has 0 atom stereocenters. The van der Waals surface area contributed by atoms with Crippen molar-refractivity contribution in [3.8, 4) is 5.75 Å². The molecule has 3 aromatic rings. The van der Waals surface area contributed by atoms with Gasteiger partial charge < -0.3 is 25.1 Å². The van der Waals surface area contributed by atoms with Crippen molar-refractivity contribution in [3.05, 3.63) is 60.3 Å². The average molecular weight is 366 g/mol. The average Bonchev–Trinajstić information content (AvgIpc) is 3.12. The van der Waals surface area contributed by atoms with Crippen molar-refractivity contribution in [1.82, 2.24) is 10.3 Å². The van der Waals surface area contributed by atoms with Crippen LogP contribution in [0.2, 0.25) is 0 Å². The van der Waals surface area contributed by atoms with Crippen LogP contribution in [0.5, 0.6) is 5.75 Å². The lowest BCUT2D eigenvalue weighted by molar-refractivity contribution is 0.172. The lowest BCUT2D eigenvalue weighted by Crippen LogP contribution is -2.30. The number of aromatic nitrogens is 1. The molecule has 0 saturated heterocycles. The van der Waals surface area contributed by atoms with Gasteiger partial charge in [0.1, 0.15) is 5.75 Å². The number of hydrogen-bond donors (Lipinski definition) is 3. The Balaban J connectivity index is 1.55. The summed E-state index contributed by atoms with van der Waals surface area (Å²) in [6.45, 7) is 1.98. The minimum absolute atomic E-state index is 0.630. The summed E-state index contributed by atoms with van der Waals surface area (Å²) in [6, 6.07) is 18.2. The van der Waals surface area contributed by atoms with Gasteiger partial charge >= 0.3 is 0 Å². The summed E-state index contributed by atoms with van der Waals surface area (Å²) in [5.74, 6) is 1.52. The van der Waals surface area contributed by atoms with Gasteiger partial charge in [-0.15, -0.1) is 0 Å². The van der Waals surface area contributed by atoms with E-state index in [2.05, 4.69) is 38.8 Å². The first-order chi connectivity index (χ1) is 13.3. The minimum Gasteiger partial charge on any atom is -0.493 e. The maximum absolute atomic E-state index is 5.74. The second-order valence-electron chi connectivity index (χ2n) is 6.16. The van der Waals surface area contributed by atoms with Gasteiger partial charge in [-0.25, -0.2) is 0 Å². The Kier molecular flexibility index (Phi) is 6.71. The zero-order valence-corrected chi connectivity index (χ0v) is 15.8. The van der Waals surface area contributed by atoms with Gasteiger partial charge in [0, 0.05) is 50.1 Å². The van der Waals surface area contributed by atoms with E-state index >= 15 is 0 Å². The molecule has 2 aromatic carbocycles. The molecule has 0 radical (unpaired) electrons. The molecule has 1 aromatic heterocycles. The summed E-state index contributed by atoms with van der Waals surface area (Å²) in [5.41, 5.74) is 3.16. The van der Waals surface area contributed by atoms with Crippen molar-refractivity contribution in [3.63, 3.8) is 0 Å². The van der Waals surface area contributed by atoms with Crippen LogP contribution >= 0.6 is 0 Å². The first kappa shape index (κ1) is 18.8. The number of H-pyrrole nitrogens is 1. The number of benzene rings is 2. The predicted molar refractivity (Wildman–Crippen MR) is 111 cm³/mol. The van der Waals surface area contributed by atoms with E-state index < -0.39 is 0 Å². The molecule has 3 rings (SSSR count). The highest BCUT2D eigenvalue weighted by molar-refractivity contribution is 5.93. The van der Waals surface area contributed by atoms with E-state index in [1.54, 1.807) is 14.2 Å². The highest BCUT2D eigenvalue weighted by Crippen LogP contribution is 2.18. The number of nitrogens with zero attached hydrogens (tertiary/aromatic N) is 1. The Hall–Kier alpha value is -2.99. The fourth-order valence-electron chi connectivity index (χ4n) is 2.78. The number of fused-ring (bicyclic) bond motifs is 1. The normalized spacial score (nSPS) is 11.6. The number of ether oxygens (including phenoxy) is 2. The van der Waals surface area contributed by atoms with Crippen LogP contribution in [0.25, 0.3) is 10.9 Å². The third kappa shape index (κ3) is 5.49. The molecular formula is C21H26N4O2. The third-order valence-electron chi connectivity index (χ3n) is 4.11. The van der Waals surface area contributed by atoms with Gasteiger partial charge in [-0.1, -0.05) is 24.3 Å². The summed E-state index contributed by atoms with van der Waals surface area (Å²) < 4.78 is 10.8. The molecular weight excluding hydrogens is 340 g/mol. The van der Waals surface area contributed by atoms with Gasteiger partial charge in [-0.2, -0.15) is 0 Å². The van der Waals surface area contributed by atoms with E-state index in [1.807, 2.05) is 36.4 Å². The summed E-state index contributed by atoms with van der Waals surface area (Å²) >= 11 is 0. The highest BCUT2D eigenvalue weighted by Gasteiger charge is 2.04. The molecule has 0 bridgehead atoms. The molecule has 27 heavy (non-hydrogen) atoms. The van der Waals surface area contributed by atoms with Gasteiger partial charge in [-0.3, -0.25) is 4.99 Å². The van der Waals surface area contributed by atoms with E-state index in [1.165, 1.54) is 5.39 Å². The Morgan fingerprint density at radius 2 is 1.96 bits per heavy atom. The maximum atomic E-state index is 5.74. The third-order valence-corrected chi connectivity index (χ3v) is 4.11. The Morgan fingerprint density at radius 1 is 1.07 bits per heavy atom. The molecule has 0 aliphatic carbocycles. The molecule has 0 fully saturated rings. The Bertz CT molecular complexity index is 856. The van der Waals surface area contributed by atoms with E-state index in [9.17, 15) is 0 Å². The fraction of sp³-hybridized carbons (Fsp3) is 0.286. The van der Waals surface area contributed by atoms with Crippen molar-refractivity contribution in [1.29, 1.82) is 0 Å². The summed E-state index contributed by atoms with van der Waals surface area (Å²) in [7, 11) is 3.45. The van der Waals surface area contributed by atoms with E-state index in [0.717, 1.165) is 29.1 Å². The van der Waals surface area contributed by atoms with Crippen molar-refractivity contribution < 1.29 is 9.47 Å². The molecule has 0 spiro atoms. The van der Waals surface area contributed by atoms with Gasteiger partial charge in [0.05, 0.1) is 13.2 Å². The fourth-order valence-corrected chi connectivity index (χ4v) is 2.78. The predicted octanol–water partition coefficient (Wildman–Crippen LogP) is 3.77. The lowest BCUT2D eigenvalue weighted by atomic mass is 10.2. The number of nitrogens with one attached hydrogen (secondary N) is 3. The molecule has 0 aliphatic heterocycles. The van der Waals surface area contributed by atoms with Crippen LogP contribution in [0.3, 0.4) is 0 Å². The standard InChI is InChI=1S/C21H26N4O2/c1-22-21(23-15-18-13-16-7-3-4-10-20(16)24-18)25-17-8-5-9-19(14-17)27-12-6-11-26-2/h3-5,7-10,13-14,24H,6,11-12,15H2,1-2H3,(H2,22,23,25). The van der Waals surface area contributed by atoms with Crippen LogP contribution in [0.15, 0.2) is 59.6 Å². The van der Waals surface area contributed by atoms with Gasteiger partial charge in [0.2, 0.25) is 0 Å². The Morgan fingerprint density at radius 3 is 2.78 bits per heavy atom. The van der Waals surface area contributed by atoms with Crippen LogP contribution in [0, 0.1) is 0 Å². The number of rotatable bonds is 8. The highest BCUT2D eigenvalue weighted by atomic mass is 16.5. The quantitative estimate of drug-likeness (QED) is 0.322. The van der Waals surface area contributed by atoms with Crippen LogP contribution in [-0.4, -0.2) is 38.3 Å². The summed E-state index contributed by atoms with van der Waals surface area (Å²) in [5, 5.41) is 7.82. The second-order valence-corrected chi connectivity index (χ2v) is 6.16. The molecule has 0 amide bonds. The molecule has 0 aliphatic rings. The first-order valence-electron chi connectivity index (χ1n) is 9.04. The van der Waals surface area contributed by atoms with Gasteiger partial charge in [-0.05, 0) is 29.7 Å². The van der Waals surface area contributed by atoms with Crippen molar-refractivity contribution in [2.75, 3.05) is 32.7 Å². The smallest absolute Gasteiger partial charge is 0.195 e. The number of methoxy groups -OCH3 is 1. The van der Waals surface area contributed by atoms with E-state index in [0.29, 0.717) is 25.7 Å². The van der Waals surface area contributed by atoms with Crippen LogP contribution in [-0.2, 0) is 11.3 Å². The minimum atomic E-state index is 0.630. The zero-order valence-electron chi connectivity index (χ0n) is 15.8. The number of para-hydroxylation sites is 1. The van der Waals surface area contributed by atoms with E-state index in [-0.39, 0.29) is 0 Å². The number of aromatic amines is 1. The van der Waals surface area contributed by atoms with Crippen LogP contribution in [0.1, 0.15) is 12.1 Å². The van der Waals surface area contributed by atoms with Crippen molar-refractivity contribution in [2.24, 2.45) is 4.99 Å². The SMILES string of the molecule is CN=C(NCc1cc2ccccc2[nH]1)Nc1cccc(OCCCOC)c1. The van der Waals surface area contributed by atoms with Crippen molar-refractivity contribution >= 4 is 22.5 Å². The second kappa shape index (κ2) is 9.64. The van der Waals surface area contributed by atoms with Crippen LogP contribution in [0.4, 0.5) is 5.69 Å². The Labute approximate surface area is 159 Å². The lowest BCUT2D eigenvalue weighted by Gasteiger charge is -2.13. The monoisotopic (exact) mass is 366 g/mol. The molecule has 6 heteroatoms. The topological polar surface area (TPSA) is 70.7 Å². The van der Waals surface area contributed by atoms with Gasteiger partial charge in [0.15, 0.2) is 5.96 Å². The first-order valence-corrected chi connectivity index (χ1v) is 9.04. The molecule has 6 nitrogen and oxygen atoms in total. The number of guanidine groups is 1. The number of anilines is 1. The molecule has 142 valence electrons. The summed E-state index contributed by atoms with van der Waals surface area (Å²) in [6.07, 6.45) is 0.863. The van der Waals surface area contributed by atoms with Crippen molar-refractivity contribution in [2.45, 2.75) is 13.0 Å². The zero-order chi connectivity index (χ0) is 18.9. The van der Waals surface area contributed by atoms with Crippen LogP contribution < -0.4 is 15.4 Å². The molecule has 3 N–H and O–H groups in total. The molecule has 0 unspecified atom stereocenters.